The summed E-state index contributed by atoms with van der Waals surface area (Å²) in [5, 5.41) is 16.2. The number of amides is 3. The van der Waals surface area contributed by atoms with Gasteiger partial charge in [-0.25, -0.2) is 4.79 Å². The van der Waals surface area contributed by atoms with Gasteiger partial charge in [0.1, 0.15) is 17.4 Å². The molecular formula is C21H20N4O3. The van der Waals surface area contributed by atoms with Gasteiger partial charge in [0.2, 0.25) is 0 Å². The molecule has 0 aliphatic carbocycles. The minimum atomic E-state index is -0.987. The van der Waals surface area contributed by atoms with E-state index in [0.29, 0.717) is 24.2 Å². The van der Waals surface area contributed by atoms with Crippen LogP contribution in [-0.4, -0.2) is 35.3 Å². The van der Waals surface area contributed by atoms with Gasteiger partial charge in [-0.2, -0.15) is 10.4 Å². The van der Waals surface area contributed by atoms with Crippen LogP contribution in [0.1, 0.15) is 24.5 Å². The highest BCUT2D eigenvalue weighted by Crippen LogP contribution is 2.23. The van der Waals surface area contributed by atoms with Crippen LogP contribution in [0, 0.1) is 11.3 Å². The quantitative estimate of drug-likeness (QED) is 0.594. The fourth-order valence-electron chi connectivity index (χ4n) is 2.87. The van der Waals surface area contributed by atoms with Crippen LogP contribution in [0.4, 0.5) is 4.79 Å². The van der Waals surface area contributed by atoms with E-state index in [2.05, 4.69) is 10.4 Å². The van der Waals surface area contributed by atoms with E-state index in [9.17, 15) is 9.59 Å². The monoisotopic (exact) mass is 376 g/mol. The van der Waals surface area contributed by atoms with E-state index in [1.807, 2.05) is 36.4 Å². The minimum Gasteiger partial charge on any atom is -0.479 e. The molecule has 2 aromatic rings. The molecule has 1 aliphatic heterocycles. The van der Waals surface area contributed by atoms with Gasteiger partial charge in [-0.15, -0.1) is 5.01 Å². The largest absolute Gasteiger partial charge is 0.479 e. The van der Waals surface area contributed by atoms with Crippen molar-refractivity contribution < 1.29 is 14.3 Å². The van der Waals surface area contributed by atoms with Crippen molar-refractivity contribution in [3.63, 3.8) is 0 Å². The van der Waals surface area contributed by atoms with Gasteiger partial charge in [-0.1, -0.05) is 30.3 Å². The van der Waals surface area contributed by atoms with Crippen LogP contribution in [0.3, 0.4) is 0 Å². The van der Waals surface area contributed by atoms with Crippen LogP contribution in [0.5, 0.6) is 5.75 Å². The standard InChI is InChI=1S/C21H20N4O3/c1-21(12-11-16-5-3-2-4-6-16)19(26)25(20(27)24-21)23-15-17-7-9-18(10-8-17)28-14-13-22/h2-10,15H,11-12,14H2,1H3,(H,24,27)/b23-15-/t21-/m1/s1. The number of ether oxygens (including phenoxy) is 1. The summed E-state index contributed by atoms with van der Waals surface area (Å²) in [5.74, 6) is 0.181. The summed E-state index contributed by atoms with van der Waals surface area (Å²) in [5.41, 5.74) is 0.813. The molecule has 1 fully saturated rings. The molecule has 0 radical (unpaired) electrons. The number of nitriles is 1. The van der Waals surface area contributed by atoms with Crippen molar-refractivity contribution in [3.05, 3.63) is 65.7 Å². The molecule has 1 heterocycles. The molecule has 7 nitrogen and oxygen atoms in total. The van der Waals surface area contributed by atoms with Crippen molar-refractivity contribution in [1.29, 1.82) is 5.26 Å². The Hall–Kier alpha value is -3.66. The van der Waals surface area contributed by atoms with Gasteiger partial charge in [0.15, 0.2) is 6.61 Å². The summed E-state index contributed by atoms with van der Waals surface area (Å²) in [4.78, 5) is 25.0. The number of benzene rings is 2. The van der Waals surface area contributed by atoms with Gasteiger partial charge in [0.05, 0.1) is 6.21 Å². The first-order valence-corrected chi connectivity index (χ1v) is 8.86. The number of aryl methyl sites for hydroxylation is 1. The molecule has 1 aliphatic rings. The van der Waals surface area contributed by atoms with Gasteiger partial charge in [-0.05, 0) is 55.2 Å². The normalized spacial score (nSPS) is 18.9. The van der Waals surface area contributed by atoms with Crippen LogP contribution >= 0.6 is 0 Å². The Kier molecular flexibility index (Phi) is 5.70. The van der Waals surface area contributed by atoms with Crippen molar-refractivity contribution in [2.45, 2.75) is 25.3 Å². The zero-order valence-corrected chi connectivity index (χ0v) is 15.5. The van der Waals surface area contributed by atoms with Crippen LogP contribution in [0.25, 0.3) is 0 Å². The smallest absolute Gasteiger partial charge is 0.346 e. The fraction of sp³-hybridized carbons (Fsp3) is 0.238. The van der Waals surface area contributed by atoms with Crippen LogP contribution in [0.2, 0.25) is 0 Å². The Balaban J connectivity index is 1.64. The lowest BCUT2D eigenvalue weighted by Gasteiger charge is -2.20. The average Bonchev–Trinajstić information content (AvgIpc) is 2.93. The van der Waals surface area contributed by atoms with E-state index in [1.54, 1.807) is 31.2 Å². The number of hydrogen-bond acceptors (Lipinski definition) is 5. The topological polar surface area (TPSA) is 94.8 Å². The first-order valence-electron chi connectivity index (χ1n) is 8.86. The third-order valence-corrected chi connectivity index (χ3v) is 4.50. The third-order valence-electron chi connectivity index (χ3n) is 4.50. The predicted octanol–water partition coefficient (Wildman–Crippen LogP) is 2.87. The van der Waals surface area contributed by atoms with Crippen molar-refractivity contribution in [1.82, 2.24) is 10.3 Å². The summed E-state index contributed by atoms with van der Waals surface area (Å²) >= 11 is 0. The number of nitrogens with one attached hydrogen (secondary N) is 1. The maximum Gasteiger partial charge on any atom is 0.346 e. The maximum absolute atomic E-state index is 12.7. The Morgan fingerprint density at radius 2 is 1.89 bits per heavy atom. The molecule has 3 amide bonds. The van der Waals surface area contributed by atoms with E-state index in [-0.39, 0.29) is 12.5 Å². The minimum absolute atomic E-state index is 0.0303. The summed E-state index contributed by atoms with van der Waals surface area (Å²) in [6.45, 7) is 1.68. The van der Waals surface area contributed by atoms with Crippen molar-refractivity contribution in [2.24, 2.45) is 5.10 Å². The van der Waals surface area contributed by atoms with Gasteiger partial charge >= 0.3 is 6.03 Å². The van der Waals surface area contributed by atoms with Crippen LogP contribution in [-0.2, 0) is 11.2 Å². The lowest BCUT2D eigenvalue weighted by molar-refractivity contribution is -0.130. The first-order chi connectivity index (χ1) is 13.5. The number of imide groups is 1. The van der Waals surface area contributed by atoms with E-state index >= 15 is 0 Å². The maximum atomic E-state index is 12.7. The molecule has 1 atom stereocenters. The van der Waals surface area contributed by atoms with E-state index in [1.165, 1.54) is 6.21 Å². The number of rotatable bonds is 7. The second kappa shape index (κ2) is 8.35. The van der Waals surface area contributed by atoms with E-state index in [4.69, 9.17) is 10.00 Å². The summed E-state index contributed by atoms with van der Waals surface area (Å²) in [7, 11) is 0. The molecule has 0 bridgehead atoms. The molecule has 1 N–H and O–H groups in total. The summed E-state index contributed by atoms with van der Waals surface area (Å²) in [6.07, 6.45) is 2.60. The molecule has 0 unspecified atom stereocenters. The molecule has 28 heavy (non-hydrogen) atoms. The van der Waals surface area contributed by atoms with Crippen LogP contribution in [0.15, 0.2) is 59.7 Å². The first kappa shape index (κ1) is 19.1. The van der Waals surface area contributed by atoms with Crippen LogP contribution < -0.4 is 10.1 Å². The lowest BCUT2D eigenvalue weighted by Crippen LogP contribution is -2.44. The Bertz CT molecular complexity index is 919. The number of urea groups is 1. The molecule has 142 valence electrons. The zero-order valence-electron chi connectivity index (χ0n) is 15.5. The van der Waals surface area contributed by atoms with E-state index < -0.39 is 11.6 Å². The number of hydrazone groups is 1. The molecule has 1 saturated heterocycles. The Morgan fingerprint density at radius 1 is 1.18 bits per heavy atom. The molecule has 0 saturated carbocycles. The fourth-order valence-corrected chi connectivity index (χ4v) is 2.87. The number of hydrogen-bond donors (Lipinski definition) is 1. The molecule has 0 aromatic heterocycles. The zero-order chi connectivity index (χ0) is 20.0. The van der Waals surface area contributed by atoms with Gasteiger partial charge in [-0.3, -0.25) is 4.79 Å². The van der Waals surface area contributed by atoms with Crippen molar-refractivity contribution in [3.8, 4) is 11.8 Å². The summed E-state index contributed by atoms with van der Waals surface area (Å²) < 4.78 is 5.18. The SMILES string of the molecule is C[C@]1(CCc2ccccc2)NC(=O)N(/N=C\c2ccc(OCC#N)cc2)C1=O. The highest BCUT2D eigenvalue weighted by atomic mass is 16.5. The molecular weight excluding hydrogens is 356 g/mol. The number of carbonyl (C=O) groups is 2. The number of nitrogens with zero attached hydrogens (tertiary/aromatic N) is 3. The predicted molar refractivity (Wildman–Crippen MR) is 104 cm³/mol. The Morgan fingerprint density at radius 3 is 2.57 bits per heavy atom. The molecule has 0 spiro atoms. The third kappa shape index (κ3) is 4.35. The van der Waals surface area contributed by atoms with E-state index in [0.717, 1.165) is 10.6 Å². The van der Waals surface area contributed by atoms with Gasteiger partial charge in [0.25, 0.3) is 5.91 Å². The molecule has 3 rings (SSSR count). The lowest BCUT2D eigenvalue weighted by atomic mass is 9.93. The molecule has 2 aromatic carbocycles. The second-order valence-electron chi connectivity index (χ2n) is 6.63. The highest BCUT2D eigenvalue weighted by molar-refractivity contribution is 6.07. The van der Waals surface area contributed by atoms with Gasteiger partial charge < -0.3 is 10.1 Å². The number of carbonyl (C=O) groups excluding carboxylic acids is 2. The average molecular weight is 376 g/mol. The second-order valence-corrected chi connectivity index (χ2v) is 6.63. The Labute approximate surface area is 163 Å². The van der Waals surface area contributed by atoms with Crippen molar-refractivity contribution >= 4 is 18.2 Å². The van der Waals surface area contributed by atoms with Gasteiger partial charge in [0, 0.05) is 0 Å². The van der Waals surface area contributed by atoms with Crippen molar-refractivity contribution in [2.75, 3.05) is 6.61 Å². The highest BCUT2D eigenvalue weighted by Gasteiger charge is 2.47. The molecule has 7 heteroatoms. The summed E-state index contributed by atoms with van der Waals surface area (Å²) in [6, 6.07) is 18.0.